The van der Waals surface area contributed by atoms with Crippen LogP contribution >= 0.6 is 27.3 Å². The smallest absolute Gasteiger partial charge is 0.363 e. The molecule has 2 heterocycles. The zero-order valence-corrected chi connectivity index (χ0v) is 12.1. The molecule has 5 heteroatoms. The molecule has 0 saturated heterocycles. The van der Waals surface area contributed by atoms with Crippen LogP contribution in [0, 0.1) is 0 Å². The number of ether oxygens (including phenoxy) is 1. The molecule has 0 saturated carbocycles. The number of benzene rings is 1. The summed E-state index contributed by atoms with van der Waals surface area (Å²) in [6.45, 7) is 0. The Morgan fingerprint density at radius 3 is 2.79 bits per heavy atom. The lowest BCUT2D eigenvalue weighted by Gasteiger charge is -2.01. The molecule has 0 N–H and O–H groups in total. The molecular weight excluding hydrogens is 326 g/mol. The summed E-state index contributed by atoms with van der Waals surface area (Å²) < 4.78 is 6.05. The Balaban J connectivity index is 1.98. The second kappa shape index (κ2) is 5.11. The number of halogens is 1. The van der Waals surface area contributed by atoms with Gasteiger partial charge >= 0.3 is 5.97 Å². The molecule has 2 aromatic rings. The van der Waals surface area contributed by atoms with E-state index in [4.69, 9.17) is 4.74 Å². The zero-order chi connectivity index (χ0) is 13.2. The molecule has 0 radical (unpaired) electrons. The van der Waals surface area contributed by atoms with Gasteiger partial charge in [-0.2, -0.15) is 0 Å². The van der Waals surface area contributed by atoms with E-state index < -0.39 is 5.97 Å². The first-order valence-electron chi connectivity index (χ1n) is 5.55. The maximum atomic E-state index is 11.8. The minimum atomic E-state index is -0.417. The SMILES string of the molecule is O=C1OC(c2ccccc2Br)=N/C1=C\c1cccs1. The van der Waals surface area contributed by atoms with Crippen molar-refractivity contribution in [2.75, 3.05) is 0 Å². The second-order valence-corrected chi connectivity index (χ2v) is 5.66. The minimum Gasteiger partial charge on any atom is -0.402 e. The Kier molecular flexibility index (Phi) is 3.31. The number of carbonyl (C=O) groups is 1. The number of carbonyl (C=O) groups excluding carboxylic acids is 1. The van der Waals surface area contributed by atoms with Crippen molar-refractivity contribution in [3.63, 3.8) is 0 Å². The van der Waals surface area contributed by atoms with Crippen LogP contribution in [0.5, 0.6) is 0 Å². The highest BCUT2D eigenvalue weighted by molar-refractivity contribution is 9.10. The van der Waals surface area contributed by atoms with E-state index in [1.807, 2.05) is 41.8 Å². The Morgan fingerprint density at radius 1 is 1.21 bits per heavy atom. The fourth-order valence-electron chi connectivity index (χ4n) is 1.67. The predicted octanol–water partition coefficient (Wildman–Crippen LogP) is 3.86. The van der Waals surface area contributed by atoms with Crippen LogP contribution < -0.4 is 0 Å². The highest BCUT2D eigenvalue weighted by atomic mass is 79.9. The van der Waals surface area contributed by atoms with Crippen molar-refractivity contribution in [3.05, 3.63) is 62.4 Å². The van der Waals surface area contributed by atoms with Crippen molar-refractivity contribution < 1.29 is 9.53 Å². The van der Waals surface area contributed by atoms with Gasteiger partial charge < -0.3 is 4.74 Å². The van der Waals surface area contributed by atoms with Gasteiger partial charge in [0.25, 0.3) is 0 Å². The zero-order valence-electron chi connectivity index (χ0n) is 9.67. The van der Waals surface area contributed by atoms with Crippen LogP contribution in [0.2, 0.25) is 0 Å². The molecule has 1 aliphatic heterocycles. The van der Waals surface area contributed by atoms with Crippen LogP contribution in [-0.4, -0.2) is 11.9 Å². The molecular formula is C14H8BrNO2S. The maximum absolute atomic E-state index is 11.8. The molecule has 0 aliphatic carbocycles. The maximum Gasteiger partial charge on any atom is 0.363 e. The van der Waals surface area contributed by atoms with Crippen LogP contribution in [0.3, 0.4) is 0 Å². The lowest BCUT2D eigenvalue weighted by molar-refractivity contribution is -0.129. The monoisotopic (exact) mass is 333 g/mol. The van der Waals surface area contributed by atoms with Crippen LogP contribution in [0.25, 0.3) is 6.08 Å². The number of esters is 1. The number of hydrogen-bond acceptors (Lipinski definition) is 4. The summed E-state index contributed by atoms with van der Waals surface area (Å²) in [7, 11) is 0. The van der Waals surface area contributed by atoms with Crippen LogP contribution in [0.15, 0.2) is 56.9 Å². The largest absolute Gasteiger partial charge is 0.402 e. The molecule has 3 rings (SSSR count). The summed E-state index contributed by atoms with van der Waals surface area (Å²) in [6, 6.07) is 11.4. The summed E-state index contributed by atoms with van der Waals surface area (Å²) in [6.07, 6.45) is 1.73. The molecule has 0 unspecified atom stereocenters. The molecule has 94 valence electrons. The molecule has 0 bridgehead atoms. The Labute approximate surface area is 122 Å². The second-order valence-electron chi connectivity index (χ2n) is 3.83. The van der Waals surface area contributed by atoms with Crippen molar-refractivity contribution in [1.82, 2.24) is 0 Å². The fraction of sp³-hybridized carbons (Fsp3) is 0. The molecule has 19 heavy (non-hydrogen) atoms. The number of nitrogens with zero attached hydrogens (tertiary/aromatic N) is 1. The first-order chi connectivity index (χ1) is 9.24. The lowest BCUT2D eigenvalue weighted by atomic mass is 10.2. The number of thiophene rings is 1. The van der Waals surface area contributed by atoms with E-state index in [-0.39, 0.29) is 0 Å². The van der Waals surface area contributed by atoms with Crippen LogP contribution in [0.1, 0.15) is 10.4 Å². The van der Waals surface area contributed by atoms with E-state index in [0.29, 0.717) is 11.6 Å². The number of rotatable bonds is 2. The Hall–Kier alpha value is -1.72. The topological polar surface area (TPSA) is 38.7 Å². The molecule has 0 amide bonds. The lowest BCUT2D eigenvalue weighted by Crippen LogP contribution is -2.05. The van der Waals surface area contributed by atoms with Crippen molar-refractivity contribution in [1.29, 1.82) is 0 Å². The van der Waals surface area contributed by atoms with Crippen molar-refractivity contribution in [2.24, 2.45) is 4.99 Å². The molecule has 0 spiro atoms. The minimum absolute atomic E-state index is 0.327. The number of hydrogen-bond donors (Lipinski definition) is 0. The van der Waals surface area contributed by atoms with Crippen molar-refractivity contribution in [2.45, 2.75) is 0 Å². The van der Waals surface area contributed by atoms with E-state index in [1.165, 1.54) is 0 Å². The highest BCUT2D eigenvalue weighted by Crippen LogP contribution is 2.24. The third kappa shape index (κ3) is 2.52. The molecule has 1 aliphatic rings. The first-order valence-corrected chi connectivity index (χ1v) is 7.22. The average molecular weight is 334 g/mol. The van der Waals surface area contributed by atoms with Gasteiger partial charge in [-0.25, -0.2) is 9.79 Å². The van der Waals surface area contributed by atoms with E-state index in [1.54, 1.807) is 17.4 Å². The van der Waals surface area contributed by atoms with Gasteiger partial charge in [-0.05, 0) is 45.6 Å². The van der Waals surface area contributed by atoms with Crippen LogP contribution in [-0.2, 0) is 9.53 Å². The normalized spacial score (nSPS) is 16.6. The molecule has 1 aromatic heterocycles. The van der Waals surface area contributed by atoms with Crippen LogP contribution in [0.4, 0.5) is 0 Å². The number of cyclic esters (lactones) is 1. The van der Waals surface area contributed by atoms with E-state index >= 15 is 0 Å². The van der Waals surface area contributed by atoms with Crippen molar-refractivity contribution >= 4 is 45.2 Å². The van der Waals surface area contributed by atoms with Gasteiger partial charge in [0, 0.05) is 9.35 Å². The number of aliphatic imine (C=N–C) groups is 1. The van der Waals surface area contributed by atoms with Gasteiger partial charge in [0.2, 0.25) is 5.90 Å². The third-order valence-corrected chi connectivity index (χ3v) is 4.06. The van der Waals surface area contributed by atoms with E-state index in [2.05, 4.69) is 20.9 Å². The third-order valence-electron chi connectivity index (χ3n) is 2.55. The van der Waals surface area contributed by atoms with Gasteiger partial charge in [-0.3, -0.25) is 0 Å². The predicted molar refractivity (Wildman–Crippen MR) is 79.1 cm³/mol. The van der Waals surface area contributed by atoms with Gasteiger partial charge in [0.05, 0.1) is 5.56 Å². The average Bonchev–Trinajstić information content (AvgIpc) is 3.02. The Bertz CT molecular complexity index is 689. The summed E-state index contributed by atoms with van der Waals surface area (Å²) in [4.78, 5) is 17.0. The standard InChI is InChI=1S/C14H8BrNO2S/c15-11-6-2-1-5-10(11)13-16-12(14(17)18-13)8-9-4-3-7-19-9/h1-8H/b12-8-. The van der Waals surface area contributed by atoms with Gasteiger partial charge in [0.1, 0.15) is 0 Å². The fourth-order valence-corrected chi connectivity index (χ4v) is 2.77. The molecule has 0 atom stereocenters. The molecule has 0 fully saturated rings. The van der Waals surface area contributed by atoms with Gasteiger partial charge in [-0.1, -0.05) is 18.2 Å². The summed E-state index contributed by atoms with van der Waals surface area (Å²) in [5.74, 6) is -0.0839. The van der Waals surface area contributed by atoms with E-state index in [0.717, 1.165) is 14.9 Å². The summed E-state index contributed by atoms with van der Waals surface area (Å²) in [5, 5.41) is 1.95. The van der Waals surface area contributed by atoms with Crippen molar-refractivity contribution in [3.8, 4) is 0 Å². The first kappa shape index (κ1) is 12.3. The quantitative estimate of drug-likeness (QED) is 0.618. The van der Waals surface area contributed by atoms with Gasteiger partial charge in [0.15, 0.2) is 5.70 Å². The molecule has 3 nitrogen and oxygen atoms in total. The highest BCUT2D eigenvalue weighted by Gasteiger charge is 2.25. The Morgan fingerprint density at radius 2 is 2.05 bits per heavy atom. The van der Waals surface area contributed by atoms with Gasteiger partial charge in [-0.15, -0.1) is 11.3 Å². The molecule has 1 aromatic carbocycles. The summed E-state index contributed by atoms with van der Waals surface area (Å²) >= 11 is 4.97. The van der Waals surface area contributed by atoms with E-state index in [9.17, 15) is 4.79 Å². The summed E-state index contributed by atoms with van der Waals surface area (Å²) in [5.41, 5.74) is 1.10.